The molecule has 0 rings (SSSR count). The van der Waals surface area contributed by atoms with E-state index in [2.05, 4.69) is 4.74 Å². The van der Waals surface area contributed by atoms with Crippen molar-refractivity contribution in [1.29, 1.82) is 0 Å². The van der Waals surface area contributed by atoms with E-state index in [-0.39, 0.29) is 4.90 Å². The predicted octanol–water partition coefficient (Wildman–Crippen LogP) is 6.50. The molecule has 0 aromatic rings. The number of hydrogen-bond donors (Lipinski definition) is 0. The minimum absolute atomic E-state index is 0.324. The Morgan fingerprint density at radius 1 is 0.556 bits per heavy atom. The van der Waals surface area contributed by atoms with Gasteiger partial charge in [0.25, 0.3) is 5.91 Å². The Labute approximate surface area is 189 Å². The molecule has 0 aromatic heterocycles. The van der Waals surface area contributed by atoms with E-state index in [1.54, 1.807) is 0 Å². The Morgan fingerprint density at radius 3 is 1.17 bits per heavy atom. The lowest BCUT2D eigenvalue weighted by atomic mass is 10.1. The third-order valence-corrected chi connectivity index (χ3v) is 3.99. The summed E-state index contributed by atoms with van der Waals surface area (Å²) in [5.41, 5.74) is 0. The summed E-state index contributed by atoms with van der Waals surface area (Å²) >= 11 is 0. The van der Waals surface area contributed by atoms with Gasteiger partial charge < -0.3 is 4.90 Å². The minimum Gasteiger partial charge on any atom is -0.333 e. The van der Waals surface area contributed by atoms with Crippen molar-refractivity contribution >= 4 is 5.91 Å². The highest BCUT2D eigenvalue weighted by atomic mass is 19.4. The molecule has 0 fully saturated rings. The van der Waals surface area contributed by atoms with Crippen molar-refractivity contribution in [3.63, 3.8) is 0 Å². The minimum atomic E-state index is -7.98. The SMILES string of the molecule is CC(C)N(C(=O)C(F)(OC(F)(C(F)(F)F)C(F)(F)OC(F)(F)C(F)(F)C(F)(F)F)C(F)(F)F)C(C)C. The molecule has 0 aromatic carbocycles. The molecule has 0 aliphatic carbocycles. The lowest BCUT2D eigenvalue weighted by Crippen LogP contribution is -2.70. The molecule has 2 unspecified atom stereocenters. The van der Waals surface area contributed by atoms with Gasteiger partial charge in [0.15, 0.2) is 0 Å². The van der Waals surface area contributed by atoms with Gasteiger partial charge in [-0.25, -0.2) is 4.74 Å². The van der Waals surface area contributed by atoms with Crippen molar-refractivity contribution in [3.8, 4) is 0 Å². The van der Waals surface area contributed by atoms with E-state index in [9.17, 15) is 79.4 Å². The predicted molar refractivity (Wildman–Crippen MR) is 80.0 cm³/mol. The van der Waals surface area contributed by atoms with Gasteiger partial charge in [0, 0.05) is 12.1 Å². The van der Waals surface area contributed by atoms with E-state index in [0.717, 1.165) is 27.7 Å². The second kappa shape index (κ2) is 9.50. The summed E-state index contributed by atoms with van der Waals surface area (Å²) in [6.07, 6.45) is -38.4. The van der Waals surface area contributed by atoms with Crippen LogP contribution in [0.3, 0.4) is 0 Å². The Morgan fingerprint density at radius 2 is 0.917 bits per heavy atom. The Kier molecular flexibility index (Phi) is 9.02. The van der Waals surface area contributed by atoms with Gasteiger partial charge in [-0.05, 0) is 27.7 Å². The molecule has 0 heterocycles. The normalized spacial score (nSPS) is 18.3. The number of ether oxygens (including phenoxy) is 2. The molecule has 216 valence electrons. The summed E-state index contributed by atoms with van der Waals surface area (Å²) < 4.78 is 227. The van der Waals surface area contributed by atoms with Crippen LogP contribution in [-0.2, 0) is 14.3 Å². The maximum absolute atomic E-state index is 14.7. The van der Waals surface area contributed by atoms with Gasteiger partial charge >= 0.3 is 48.4 Å². The highest BCUT2D eigenvalue weighted by Crippen LogP contribution is 2.56. The first-order chi connectivity index (χ1) is 15.3. The second-order valence-electron chi connectivity index (χ2n) is 7.40. The molecule has 4 nitrogen and oxygen atoms in total. The second-order valence-corrected chi connectivity index (χ2v) is 7.40. The molecule has 0 spiro atoms. The van der Waals surface area contributed by atoms with E-state index in [1.165, 1.54) is 4.74 Å². The molecule has 2 atom stereocenters. The molecule has 0 N–H and O–H groups in total. The zero-order chi connectivity index (χ0) is 29.7. The Hall–Kier alpha value is -1.80. The number of rotatable bonds is 9. The highest BCUT2D eigenvalue weighted by molar-refractivity contribution is 5.85. The van der Waals surface area contributed by atoms with Crippen LogP contribution in [0.2, 0.25) is 0 Å². The van der Waals surface area contributed by atoms with Crippen molar-refractivity contribution in [2.24, 2.45) is 0 Å². The number of hydrogen-bond acceptors (Lipinski definition) is 3. The van der Waals surface area contributed by atoms with Gasteiger partial charge in [-0.15, -0.1) is 0 Å². The fourth-order valence-electron chi connectivity index (χ4n) is 2.39. The average Bonchev–Trinajstić information content (AvgIpc) is 2.56. The molecule has 36 heavy (non-hydrogen) atoms. The molecule has 0 saturated heterocycles. The first kappa shape index (κ1) is 34.2. The van der Waals surface area contributed by atoms with Crippen LogP contribution in [-0.4, -0.2) is 71.3 Å². The number of nitrogens with zero attached hydrogens (tertiary/aromatic N) is 1. The lowest BCUT2D eigenvalue weighted by molar-refractivity contribution is -0.546. The Bertz CT molecular complexity index is 780. The topological polar surface area (TPSA) is 38.8 Å². The van der Waals surface area contributed by atoms with Crippen LogP contribution in [0.15, 0.2) is 0 Å². The third-order valence-electron chi connectivity index (χ3n) is 3.99. The van der Waals surface area contributed by atoms with Gasteiger partial charge in [0.1, 0.15) is 0 Å². The van der Waals surface area contributed by atoms with Crippen LogP contribution in [0, 0.1) is 0 Å². The van der Waals surface area contributed by atoms with Crippen LogP contribution in [0.4, 0.5) is 74.6 Å². The number of carbonyl (C=O) groups is 1. The van der Waals surface area contributed by atoms with E-state index in [1.807, 2.05) is 0 Å². The molecular formula is C15H14F17NO3. The summed E-state index contributed by atoms with van der Waals surface area (Å²) in [5.74, 6) is -25.9. The van der Waals surface area contributed by atoms with Crippen LogP contribution >= 0.6 is 0 Å². The van der Waals surface area contributed by atoms with Gasteiger partial charge in [-0.1, -0.05) is 0 Å². The molecular weight excluding hydrogens is 565 g/mol. The molecule has 0 aliphatic rings. The van der Waals surface area contributed by atoms with Crippen LogP contribution in [0.1, 0.15) is 27.7 Å². The van der Waals surface area contributed by atoms with Crippen LogP contribution in [0.25, 0.3) is 0 Å². The maximum Gasteiger partial charge on any atom is 0.462 e. The van der Waals surface area contributed by atoms with Crippen molar-refractivity contribution < 1.29 is 88.9 Å². The van der Waals surface area contributed by atoms with E-state index >= 15 is 0 Å². The van der Waals surface area contributed by atoms with Crippen molar-refractivity contribution in [2.45, 2.75) is 88.2 Å². The van der Waals surface area contributed by atoms with Gasteiger partial charge in [-0.2, -0.15) is 74.6 Å². The maximum atomic E-state index is 14.7. The van der Waals surface area contributed by atoms with E-state index in [0.29, 0.717) is 0 Å². The summed E-state index contributed by atoms with van der Waals surface area (Å²) in [6, 6.07) is -3.21. The molecule has 1 amide bonds. The van der Waals surface area contributed by atoms with E-state index < -0.39 is 66.4 Å². The zero-order valence-corrected chi connectivity index (χ0v) is 17.8. The fraction of sp³-hybridized carbons (Fsp3) is 0.933. The van der Waals surface area contributed by atoms with Crippen LogP contribution in [0.5, 0.6) is 0 Å². The smallest absolute Gasteiger partial charge is 0.333 e. The molecule has 0 bridgehead atoms. The van der Waals surface area contributed by atoms with E-state index in [4.69, 9.17) is 0 Å². The standard InChI is InChI=1S/C15H14F17NO3/c1-5(2)33(6(3)4)7(34)8(16,11(20,21)22)35-10(19,13(26,27)28)15(31,32)36-14(29,30)9(17,18)12(23,24)25/h5-6H,1-4H3. The average molecular weight is 579 g/mol. The number of amides is 1. The summed E-state index contributed by atoms with van der Waals surface area (Å²) in [7, 11) is 0. The Balaban J connectivity index is 7.04. The molecule has 21 heteroatoms. The van der Waals surface area contributed by atoms with Gasteiger partial charge in [-0.3, -0.25) is 9.53 Å². The summed E-state index contributed by atoms with van der Waals surface area (Å²) in [5, 5.41) is 0. The van der Waals surface area contributed by atoms with Crippen LogP contribution < -0.4 is 0 Å². The van der Waals surface area contributed by atoms with Crippen molar-refractivity contribution in [1.82, 2.24) is 4.90 Å². The fourth-order valence-corrected chi connectivity index (χ4v) is 2.39. The third kappa shape index (κ3) is 5.85. The first-order valence-corrected chi connectivity index (χ1v) is 8.78. The molecule has 0 radical (unpaired) electrons. The molecule has 0 aliphatic heterocycles. The first-order valence-electron chi connectivity index (χ1n) is 8.78. The number of carbonyl (C=O) groups excluding carboxylic acids is 1. The summed E-state index contributed by atoms with van der Waals surface area (Å²) in [4.78, 5) is 11.7. The molecule has 0 saturated carbocycles. The monoisotopic (exact) mass is 579 g/mol. The zero-order valence-electron chi connectivity index (χ0n) is 17.8. The quantitative estimate of drug-likeness (QED) is 0.293. The highest BCUT2D eigenvalue weighted by Gasteiger charge is 2.85. The largest absolute Gasteiger partial charge is 0.462 e. The number of halogens is 17. The van der Waals surface area contributed by atoms with Gasteiger partial charge in [0.2, 0.25) is 0 Å². The lowest BCUT2D eigenvalue weighted by Gasteiger charge is -2.42. The summed E-state index contributed by atoms with van der Waals surface area (Å²) in [6.45, 7) is 3.16. The number of alkyl halides is 17. The van der Waals surface area contributed by atoms with Gasteiger partial charge in [0.05, 0.1) is 0 Å². The van der Waals surface area contributed by atoms with Crippen molar-refractivity contribution in [2.75, 3.05) is 0 Å². The van der Waals surface area contributed by atoms with Crippen molar-refractivity contribution in [3.05, 3.63) is 0 Å².